The van der Waals surface area contributed by atoms with Crippen molar-refractivity contribution in [2.45, 2.75) is 32.9 Å². The number of nitrogens with one attached hydrogen (secondary N) is 3. The maximum atomic E-state index is 11.6. The number of aromatic nitrogens is 2. The summed E-state index contributed by atoms with van der Waals surface area (Å²) in [4.78, 5) is 29.0. The van der Waals surface area contributed by atoms with Crippen LogP contribution in [0.3, 0.4) is 0 Å². The summed E-state index contributed by atoms with van der Waals surface area (Å²) in [5, 5.41) is 5.53. The highest BCUT2D eigenvalue weighted by atomic mass is 16.2. The van der Waals surface area contributed by atoms with Gasteiger partial charge in [-0.2, -0.15) is 0 Å². The Kier molecular flexibility index (Phi) is 4.08. The maximum absolute atomic E-state index is 11.6. The van der Waals surface area contributed by atoms with E-state index in [0.717, 1.165) is 0 Å². The van der Waals surface area contributed by atoms with Crippen LogP contribution in [-0.4, -0.2) is 28.0 Å². The summed E-state index contributed by atoms with van der Waals surface area (Å²) in [6.07, 6.45) is 1.23. The lowest BCUT2D eigenvalue weighted by molar-refractivity contribution is -0.122. The lowest BCUT2D eigenvalue weighted by Crippen LogP contribution is -2.41. The van der Waals surface area contributed by atoms with Gasteiger partial charge in [-0.1, -0.05) is 0 Å². The summed E-state index contributed by atoms with van der Waals surface area (Å²) in [7, 11) is 0. The first-order valence-electron chi connectivity index (χ1n) is 5.32. The van der Waals surface area contributed by atoms with E-state index in [0.29, 0.717) is 0 Å². The first-order chi connectivity index (χ1) is 7.91. The number of nitrogens with zero attached hydrogens (tertiary/aromatic N) is 1. The molecule has 1 aromatic rings. The van der Waals surface area contributed by atoms with Gasteiger partial charge < -0.3 is 21.4 Å². The van der Waals surface area contributed by atoms with Gasteiger partial charge in [0.25, 0.3) is 5.56 Å². The second kappa shape index (κ2) is 5.33. The number of carbonyl (C=O) groups is 1. The van der Waals surface area contributed by atoms with Crippen molar-refractivity contribution in [2.24, 2.45) is 0 Å². The third kappa shape index (κ3) is 3.47. The van der Waals surface area contributed by atoms with Gasteiger partial charge in [-0.05, 0) is 20.8 Å². The van der Waals surface area contributed by atoms with Crippen LogP contribution in [0.4, 0.5) is 11.5 Å². The van der Waals surface area contributed by atoms with E-state index in [1.54, 1.807) is 6.92 Å². The summed E-state index contributed by atoms with van der Waals surface area (Å²) in [5.74, 6) is 0.0293. The van der Waals surface area contributed by atoms with E-state index in [-0.39, 0.29) is 23.5 Å². The Balaban J connectivity index is 2.74. The molecule has 0 aromatic carbocycles. The summed E-state index contributed by atoms with van der Waals surface area (Å²) < 4.78 is 0. The fourth-order valence-electron chi connectivity index (χ4n) is 1.21. The lowest BCUT2D eigenvalue weighted by atomic mass is 10.2. The zero-order valence-corrected chi connectivity index (χ0v) is 10.1. The van der Waals surface area contributed by atoms with Crippen molar-refractivity contribution in [2.75, 3.05) is 11.1 Å². The van der Waals surface area contributed by atoms with Crippen LogP contribution in [0.25, 0.3) is 0 Å². The van der Waals surface area contributed by atoms with E-state index < -0.39 is 11.6 Å². The van der Waals surface area contributed by atoms with Crippen LogP contribution in [0, 0.1) is 0 Å². The molecule has 1 rings (SSSR count). The molecule has 1 amide bonds. The van der Waals surface area contributed by atoms with Crippen molar-refractivity contribution < 1.29 is 4.79 Å². The molecule has 0 aliphatic heterocycles. The molecule has 7 nitrogen and oxygen atoms in total. The third-order valence-corrected chi connectivity index (χ3v) is 2.07. The third-order valence-electron chi connectivity index (χ3n) is 2.07. The Morgan fingerprint density at radius 3 is 2.71 bits per heavy atom. The van der Waals surface area contributed by atoms with E-state index >= 15 is 0 Å². The summed E-state index contributed by atoms with van der Waals surface area (Å²) in [6.45, 7) is 5.40. The molecular weight excluding hydrogens is 222 g/mol. The Labute approximate surface area is 98.8 Å². The molecule has 5 N–H and O–H groups in total. The van der Waals surface area contributed by atoms with Gasteiger partial charge in [-0.25, -0.2) is 4.98 Å². The number of rotatable bonds is 4. The standard InChI is InChI=1S/C10H17N5O2/c1-5(2)14-9(16)6(3)15-8-7(11)10(17)13-4-12-8/h4-6H,11H2,1-3H3,(H,14,16)(H2,12,13,15,17). The molecule has 0 saturated heterocycles. The fourth-order valence-corrected chi connectivity index (χ4v) is 1.21. The number of nitrogen functional groups attached to an aromatic ring is 1. The van der Waals surface area contributed by atoms with Crippen LogP contribution in [-0.2, 0) is 4.79 Å². The molecule has 0 bridgehead atoms. The number of H-pyrrole nitrogens is 1. The number of anilines is 2. The Morgan fingerprint density at radius 2 is 2.12 bits per heavy atom. The number of nitrogens with two attached hydrogens (primary N) is 1. The molecule has 1 unspecified atom stereocenters. The van der Waals surface area contributed by atoms with Gasteiger partial charge >= 0.3 is 0 Å². The van der Waals surface area contributed by atoms with Gasteiger partial charge in [-0.3, -0.25) is 9.59 Å². The first kappa shape index (κ1) is 13.0. The fraction of sp³-hybridized carbons (Fsp3) is 0.500. The highest BCUT2D eigenvalue weighted by Gasteiger charge is 2.15. The minimum atomic E-state index is -0.519. The predicted octanol–water partition coefficient (Wildman–Crippen LogP) is -0.323. The monoisotopic (exact) mass is 239 g/mol. The van der Waals surface area contributed by atoms with Crippen LogP contribution in [0.5, 0.6) is 0 Å². The Morgan fingerprint density at radius 1 is 1.47 bits per heavy atom. The number of hydrogen-bond acceptors (Lipinski definition) is 5. The molecule has 1 aromatic heterocycles. The highest BCUT2D eigenvalue weighted by Crippen LogP contribution is 2.08. The van der Waals surface area contributed by atoms with Crippen LogP contribution in [0.2, 0.25) is 0 Å². The van der Waals surface area contributed by atoms with Gasteiger partial charge in [0.15, 0.2) is 5.82 Å². The molecule has 0 aliphatic carbocycles. The van der Waals surface area contributed by atoms with Crippen molar-refractivity contribution in [3.63, 3.8) is 0 Å². The minimum absolute atomic E-state index is 0.0308. The normalized spacial score (nSPS) is 12.2. The number of amides is 1. The zero-order chi connectivity index (χ0) is 13.0. The van der Waals surface area contributed by atoms with Crippen LogP contribution in [0.1, 0.15) is 20.8 Å². The molecule has 0 aliphatic rings. The minimum Gasteiger partial charge on any atom is -0.391 e. The van der Waals surface area contributed by atoms with Crippen LogP contribution < -0.4 is 21.9 Å². The number of carbonyl (C=O) groups excluding carboxylic acids is 1. The SMILES string of the molecule is CC(C)NC(=O)C(C)Nc1nc[nH]c(=O)c1N. The van der Waals surface area contributed by atoms with E-state index in [2.05, 4.69) is 20.6 Å². The molecule has 1 atom stereocenters. The van der Waals surface area contributed by atoms with Crippen LogP contribution >= 0.6 is 0 Å². The average molecular weight is 239 g/mol. The van der Waals surface area contributed by atoms with Crippen molar-refractivity contribution >= 4 is 17.4 Å². The predicted molar refractivity (Wildman–Crippen MR) is 65.6 cm³/mol. The second-order valence-corrected chi connectivity index (χ2v) is 4.02. The number of aromatic amines is 1. The average Bonchev–Trinajstić information content (AvgIpc) is 2.23. The van der Waals surface area contributed by atoms with Gasteiger partial charge in [0.1, 0.15) is 11.7 Å². The van der Waals surface area contributed by atoms with Gasteiger partial charge in [0.2, 0.25) is 5.91 Å². The van der Waals surface area contributed by atoms with Crippen molar-refractivity contribution in [1.82, 2.24) is 15.3 Å². The van der Waals surface area contributed by atoms with E-state index in [1.807, 2.05) is 13.8 Å². The molecular formula is C10H17N5O2. The quantitative estimate of drug-likeness (QED) is 0.575. The molecule has 0 fully saturated rings. The lowest BCUT2D eigenvalue weighted by Gasteiger charge is -2.16. The second-order valence-electron chi connectivity index (χ2n) is 4.02. The molecule has 0 saturated carbocycles. The largest absolute Gasteiger partial charge is 0.391 e. The molecule has 17 heavy (non-hydrogen) atoms. The highest BCUT2D eigenvalue weighted by molar-refractivity contribution is 5.84. The molecule has 0 radical (unpaired) electrons. The van der Waals surface area contributed by atoms with Gasteiger partial charge in [-0.15, -0.1) is 0 Å². The van der Waals surface area contributed by atoms with Crippen molar-refractivity contribution in [1.29, 1.82) is 0 Å². The van der Waals surface area contributed by atoms with Gasteiger partial charge in [0, 0.05) is 6.04 Å². The summed E-state index contributed by atoms with van der Waals surface area (Å²) in [6, 6.07) is -0.467. The van der Waals surface area contributed by atoms with E-state index in [9.17, 15) is 9.59 Å². The number of hydrogen-bond donors (Lipinski definition) is 4. The maximum Gasteiger partial charge on any atom is 0.276 e. The van der Waals surface area contributed by atoms with Gasteiger partial charge in [0.05, 0.1) is 6.33 Å². The summed E-state index contributed by atoms with van der Waals surface area (Å²) in [5.41, 5.74) is 5.07. The van der Waals surface area contributed by atoms with Crippen LogP contribution in [0.15, 0.2) is 11.1 Å². The molecule has 0 spiro atoms. The van der Waals surface area contributed by atoms with E-state index in [4.69, 9.17) is 5.73 Å². The van der Waals surface area contributed by atoms with Crippen molar-refractivity contribution in [3.8, 4) is 0 Å². The molecule has 94 valence electrons. The van der Waals surface area contributed by atoms with E-state index in [1.165, 1.54) is 6.33 Å². The Bertz CT molecular complexity index is 454. The zero-order valence-electron chi connectivity index (χ0n) is 10.1. The first-order valence-corrected chi connectivity index (χ1v) is 5.32. The smallest absolute Gasteiger partial charge is 0.276 e. The molecule has 1 heterocycles. The van der Waals surface area contributed by atoms with Crippen molar-refractivity contribution in [3.05, 3.63) is 16.7 Å². The Hall–Kier alpha value is -2.05. The topological polar surface area (TPSA) is 113 Å². The molecule has 7 heteroatoms. The summed E-state index contributed by atoms with van der Waals surface area (Å²) >= 11 is 0.